The third-order valence-corrected chi connectivity index (χ3v) is 6.19. The molecule has 0 saturated carbocycles. The Kier molecular flexibility index (Phi) is 6.60. The Morgan fingerprint density at radius 2 is 1.38 bits per heavy atom. The first-order chi connectivity index (χ1) is 12.0. The lowest BCUT2D eigenvalue weighted by Gasteiger charge is -2.28. The molecule has 0 aliphatic carbocycles. The molecule has 0 fully saturated rings. The molecule has 2 aliphatic rings. The Bertz CT molecular complexity index is 506. The molecule has 5 nitrogen and oxygen atoms in total. The fourth-order valence-corrected chi connectivity index (χ4v) is 3.69. The zero-order valence-electron chi connectivity index (χ0n) is 17.8. The third-order valence-electron chi connectivity index (χ3n) is 5.35. The number of nitrogens with zero attached hydrogens (tertiary/aromatic N) is 2. The van der Waals surface area contributed by atoms with Gasteiger partial charge in [-0.3, -0.25) is 0 Å². The molecule has 0 aromatic heterocycles. The lowest BCUT2D eigenvalue weighted by Crippen LogP contribution is -2.37. The zero-order valence-corrected chi connectivity index (χ0v) is 18.8. The first-order valence-electron chi connectivity index (χ1n) is 9.66. The van der Waals surface area contributed by atoms with Crippen LogP contribution in [0.2, 0.25) is 6.04 Å². The van der Waals surface area contributed by atoms with Crippen molar-refractivity contribution in [3.63, 3.8) is 0 Å². The maximum atomic E-state index is 6.11. The van der Waals surface area contributed by atoms with Gasteiger partial charge >= 0.3 is 0 Å². The maximum Gasteiger partial charge on any atom is 0.229 e. The lowest BCUT2D eigenvalue weighted by molar-refractivity contribution is 0.208. The van der Waals surface area contributed by atoms with Gasteiger partial charge in [-0.05, 0) is 30.2 Å². The predicted molar refractivity (Wildman–Crippen MR) is 108 cm³/mol. The van der Waals surface area contributed by atoms with E-state index in [9.17, 15) is 0 Å². The normalized spacial score (nSPS) is 24.2. The number of aliphatic imine (C=N–C) groups is 2. The predicted octanol–water partition coefficient (Wildman–Crippen LogP) is 4.14. The fraction of sp³-hybridized carbons (Fsp3) is 0.900. The maximum absolute atomic E-state index is 6.11. The largest absolute Gasteiger partial charge is 0.478 e. The van der Waals surface area contributed by atoms with Gasteiger partial charge in [0.2, 0.25) is 9.76 Å². The Labute approximate surface area is 161 Å². The van der Waals surface area contributed by atoms with Crippen LogP contribution in [0.4, 0.5) is 0 Å². The Morgan fingerprint density at radius 3 is 1.73 bits per heavy atom. The summed E-state index contributed by atoms with van der Waals surface area (Å²) in [5.74, 6) is 1.60. The summed E-state index contributed by atoms with van der Waals surface area (Å²) in [6.45, 7) is 16.7. The molecule has 0 aromatic carbocycles. The topological polar surface area (TPSA) is 52.4 Å². The molecule has 148 valence electrons. The number of hydrogen-bond donors (Lipinski definition) is 0. The van der Waals surface area contributed by atoms with Crippen LogP contribution in [0.25, 0.3) is 0 Å². The summed E-state index contributed by atoms with van der Waals surface area (Å²) in [6.07, 6.45) is 1.95. The van der Waals surface area contributed by atoms with Crippen LogP contribution in [0, 0.1) is 16.2 Å². The molecule has 2 heterocycles. The molecule has 2 aliphatic heterocycles. The monoisotopic (exact) mass is 380 g/mol. The van der Waals surface area contributed by atoms with Gasteiger partial charge in [0.1, 0.15) is 18.6 Å². The molecule has 0 amide bonds. The van der Waals surface area contributed by atoms with Crippen LogP contribution in [0.15, 0.2) is 9.98 Å². The quantitative estimate of drug-likeness (QED) is 0.492. The van der Waals surface area contributed by atoms with Crippen molar-refractivity contribution in [1.82, 2.24) is 0 Å². The first kappa shape index (κ1) is 21.4. The minimum atomic E-state index is -0.391. The van der Waals surface area contributed by atoms with Gasteiger partial charge in [-0.15, -0.1) is 0 Å². The van der Waals surface area contributed by atoms with Gasteiger partial charge in [0.25, 0.3) is 0 Å². The van der Waals surface area contributed by atoms with E-state index in [2.05, 4.69) is 48.5 Å². The Hall–Kier alpha value is -0.883. The molecule has 0 N–H and O–H groups in total. The Morgan fingerprint density at radius 1 is 0.923 bits per heavy atom. The van der Waals surface area contributed by atoms with Crippen molar-refractivity contribution in [2.24, 2.45) is 26.2 Å². The van der Waals surface area contributed by atoms with Gasteiger partial charge in [-0.25, -0.2) is 9.98 Å². The highest BCUT2D eigenvalue weighted by molar-refractivity contribution is 6.26. The molecule has 26 heavy (non-hydrogen) atoms. The fourth-order valence-electron chi connectivity index (χ4n) is 3.16. The average molecular weight is 381 g/mol. The average Bonchev–Trinajstić information content (AvgIpc) is 3.19. The molecule has 2 atom stereocenters. The molecule has 2 rings (SSSR count). The molecule has 6 heteroatoms. The lowest BCUT2D eigenvalue weighted by atomic mass is 9.84. The van der Waals surface area contributed by atoms with Crippen molar-refractivity contribution >= 4 is 21.6 Å². The van der Waals surface area contributed by atoms with E-state index < -0.39 is 5.41 Å². The minimum Gasteiger partial charge on any atom is -0.478 e. The van der Waals surface area contributed by atoms with Crippen LogP contribution in [0.1, 0.15) is 61.3 Å². The molecule has 0 unspecified atom stereocenters. The van der Waals surface area contributed by atoms with E-state index in [1.165, 1.54) is 0 Å². The molecular formula is C20H36N2O3Si. The van der Waals surface area contributed by atoms with Crippen molar-refractivity contribution in [2.75, 3.05) is 20.3 Å². The van der Waals surface area contributed by atoms with Crippen molar-refractivity contribution < 1.29 is 13.9 Å². The summed E-state index contributed by atoms with van der Waals surface area (Å²) in [7, 11) is 2.29. The van der Waals surface area contributed by atoms with Gasteiger partial charge in [-0.2, -0.15) is 0 Å². The van der Waals surface area contributed by atoms with Gasteiger partial charge in [0.05, 0.1) is 12.1 Å². The van der Waals surface area contributed by atoms with E-state index in [1.807, 2.05) is 0 Å². The first-order valence-corrected chi connectivity index (χ1v) is 10.8. The molecule has 0 spiro atoms. The van der Waals surface area contributed by atoms with Crippen molar-refractivity contribution in [3.05, 3.63) is 0 Å². The highest BCUT2D eigenvalue weighted by Crippen LogP contribution is 2.39. The standard InChI is InChI=1S/C20H36N2O3Si/c1-18(2,3)14-12-24-16(21-14)20(7,10-9-11-26-23-8)17-22-15(13-25-17)19(4,5)6/h14-15H,9-13H2,1-8H3/t14-,15-/m1/s1. The van der Waals surface area contributed by atoms with E-state index in [4.69, 9.17) is 23.9 Å². The van der Waals surface area contributed by atoms with Gasteiger partial charge in [-0.1, -0.05) is 48.0 Å². The molecule has 0 bridgehead atoms. The summed E-state index contributed by atoms with van der Waals surface area (Å²) >= 11 is 0. The van der Waals surface area contributed by atoms with E-state index in [-0.39, 0.29) is 22.9 Å². The van der Waals surface area contributed by atoms with Crippen LogP contribution in [-0.2, 0) is 13.9 Å². The van der Waals surface area contributed by atoms with Crippen molar-refractivity contribution in [2.45, 2.75) is 79.4 Å². The van der Waals surface area contributed by atoms with Crippen molar-refractivity contribution in [1.29, 1.82) is 0 Å². The van der Waals surface area contributed by atoms with Gasteiger partial charge in [0, 0.05) is 7.11 Å². The number of hydrogen-bond acceptors (Lipinski definition) is 5. The van der Waals surface area contributed by atoms with E-state index in [1.54, 1.807) is 7.11 Å². The van der Waals surface area contributed by atoms with E-state index in [0.717, 1.165) is 30.7 Å². The molecule has 0 saturated heterocycles. The highest BCUT2D eigenvalue weighted by atomic mass is 28.2. The number of rotatable bonds is 7. The minimum absolute atomic E-state index is 0.0897. The van der Waals surface area contributed by atoms with Crippen LogP contribution in [0.3, 0.4) is 0 Å². The third kappa shape index (κ3) is 4.88. The van der Waals surface area contributed by atoms with Crippen LogP contribution in [0.5, 0.6) is 0 Å². The molecular weight excluding hydrogens is 344 g/mol. The summed E-state index contributed by atoms with van der Waals surface area (Å²) in [5, 5.41) is 0. The molecule has 2 radical (unpaired) electrons. The second kappa shape index (κ2) is 8.01. The van der Waals surface area contributed by atoms with Crippen LogP contribution >= 0.6 is 0 Å². The second-order valence-electron chi connectivity index (χ2n) is 9.79. The second-order valence-corrected chi connectivity index (χ2v) is 11.0. The highest BCUT2D eigenvalue weighted by Gasteiger charge is 2.47. The van der Waals surface area contributed by atoms with E-state index >= 15 is 0 Å². The van der Waals surface area contributed by atoms with E-state index in [0.29, 0.717) is 23.0 Å². The summed E-state index contributed by atoms with van der Waals surface area (Å²) in [4.78, 5) is 9.93. The summed E-state index contributed by atoms with van der Waals surface area (Å²) in [5.41, 5.74) is -0.211. The van der Waals surface area contributed by atoms with Crippen molar-refractivity contribution in [3.8, 4) is 0 Å². The summed E-state index contributed by atoms with van der Waals surface area (Å²) < 4.78 is 17.5. The smallest absolute Gasteiger partial charge is 0.229 e. The SMILES string of the molecule is CO[Si]CCCC(C)(C1=N[C@@H](C(C)(C)C)CO1)C1=N[C@@H](C(C)(C)C)CO1. The molecule has 0 aromatic rings. The van der Waals surface area contributed by atoms with Gasteiger partial charge in [0.15, 0.2) is 11.8 Å². The zero-order chi connectivity index (χ0) is 19.6. The van der Waals surface area contributed by atoms with Gasteiger partial charge < -0.3 is 13.9 Å². The number of ether oxygens (including phenoxy) is 2. The van der Waals surface area contributed by atoms with Crippen LogP contribution in [-0.4, -0.2) is 54.0 Å². The summed E-state index contributed by atoms with van der Waals surface area (Å²) in [6, 6.07) is 1.40. The Balaban J connectivity index is 2.26. The van der Waals surface area contributed by atoms with Crippen LogP contribution < -0.4 is 0 Å².